The number of hydrogen-bond acceptors (Lipinski definition) is 4. The van der Waals surface area contributed by atoms with Gasteiger partial charge in [0.1, 0.15) is 12.1 Å². The molecule has 0 radical (unpaired) electrons. The predicted octanol–water partition coefficient (Wildman–Crippen LogP) is 3.45. The number of benzene rings is 2. The number of hydrogen-bond donors (Lipinski definition) is 1. The lowest BCUT2D eigenvalue weighted by Gasteiger charge is -2.13. The zero-order chi connectivity index (χ0) is 18.5. The van der Waals surface area contributed by atoms with Crippen LogP contribution in [0.2, 0.25) is 0 Å². The number of aliphatic carboxylic acids is 1. The Morgan fingerprint density at radius 3 is 2.69 bits per heavy atom. The Balaban J connectivity index is 2.13. The smallest absolute Gasteiger partial charge is 0.305 e. The number of carboxylic acids is 1. The molecule has 0 aliphatic carbocycles. The molecular formula is C20H20N2O4. The molecule has 0 amide bonds. The van der Waals surface area contributed by atoms with E-state index in [1.807, 2.05) is 53.1 Å². The van der Waals surface area contributed by atoms with Crippen molar-refractivity contribution < 1.29 is 19.4 Å². The summed E-state index contributed by atoms with van der Waals surface area (Å²) in [7, 11) is 1.56. The molecule has 6 nitrogen and oxygen atoms in total. The molecule has 1 atom stereocenters. The topological polar surface area (TPSA) is 81.4 Å². The molecule has 0 aliphatic heterocycles. The summed E-state index contributed by atoms with van der Waals surface area (Å²) in [5.74, 6) is -0.138. The number of imidazole rings is 1. The summed E-state index contributed by atoms with van der Waals surface area (Å²) in [5.41, 5.74) is 3.39. The first-order valence-corrected chi connectivity index (χ1v) is 8.38. The van der Waals surface area contributed by atoms with Crippen molar-refractivity contribution in [3.05, 3.63) is 54.1 Å². The summed E-state index contributed by atoms with van der Waals surface area (Å²) in [6.45, 7) is 0.310. The van der Waals surface area contributed by atoms with Crippen LogP contribution >= 0.6 is 0 Å². The van der Waals surface area contributed by atoms with Gasteiger partial charge in [-0.15, -0.1) is 0 Å². The third-order valence-electron chi connectivity index (χ3n) is 4.32. The van der Waals surface area contributed by atoms with Crippen molar-refractivity contribution in [2.24, 2.45) is 0 Å². The van der Waals surface area contributed by atoms with E-state index in [4.69, 9.17) is 14.8 Å². The minimum Gasteiger partial charge on any atom is -0.481 e. The normalized spacial score (nSPS) is 12.2. The number of rotatable bonds is 8. The SMILES string of the molecule is COC(CC=O)c1ccc2nc(-c3ccccc3)n(CCC(=O)O)c2c1. The number of ether oxygens (including phenoxy) is 1. The first-order chi connectivity index (χ1) is 12.6. The van der Waals surface area contributed by atoms with Gasteiger partial charge >= 0.3 is 5.97 Å². The molecule has 1 heterocycles. The van der Waals surface area contributed by atoms with E-state index in [1.54, 1.807) is 7.11 Å². The van der Waals surface area contributed by atoms with E-state index < -0.39 is 5.97 Å². The van der Waals surface area contributed by atoms with Gasteiger partial charge in [-0.1, -0.05) is 36.4 Å². The highest BCUT2D eigenvalue weighted by molar-refractivity contribution is 5.82. The highest BCUT2D eigenvalue weighted by Crippen LogP contribution is 2.29. The number of carbonyl (C=O) groups excluding carboxylic acids is 1. The second-order valence-corrected chi connectivity index (χ2v) is 5.97. The molecular weight excluding hydrogens is 332 g/mol. The Hall–Kier alpha value is -2.99. The van der Waals surface area contributed by atoms with Crippen LogP contribution in [0.5, 0.6) is 0 Å². The molecule has 3 rings (SSSR count). The van der Waals surface area contributed by atoms with Gasteiger partial charge in [-0.25, -0.2) is 4.98 Å². The summed E-state index contributed by atoms with van der Waals surface area (Å²) < 4.78 is 7.31. The van der Waals surface area contributed by atoms with Crippen molar-refractivity contribution in [2.45, 2.75) is 25.5 Å². The van der Waals surface area contributed by atoms with E-state index in [0.29, 0.717) is 6.54 Å². The number of carbonyl (C=O) groups is 2. The highest BCUT2D eigenvalue weighted by atomic mass is 16.5. The van der Waals surface area contributed by atoms with Crippen molar-refractivity contribution in [1.29, 1.82) is 0 Å². The van der Waals surface area contributed by atoms with Crippen LogP contribution in [0, 0.1) is 0 Å². The van der Waals surface area contributed by atoms with Crippen LogP contribution in [-0.4, -0.2) is 34.0 Å². The van der Waals surface area contributed by atoms with Gasteiger partial charge in [-0.05, 0) is 17.7 Å². The fourth-order valence-corrected chi connectivity index (χ4v) is 3.04. The lowest BCUT2D eigenvalue weighted by Crippen LogP contribution is -2.07. The Kier molecular flexibility index (Phi) is 5.43. The van der Waals surface area contributed by atoms with Gasteiger partial charge < -0.3 is 19.2 Å². The van der Waals surface area contributed by atoms with Crippen molar-refractivity contribution in [3.8, 4) is 11.4 Å². The number of nitrogens with zero attached hydrogens (tertiary/aromatic N) is 2. The molecule has 0 bridgehead atoms. The molecule has 0 saturated carbocycles. The fraction of sp³-hybridized carbons (Fsp3) is 0.250. The predicted molar refractivity (Wildman–Crippen MR) is 97.9 cm³/mol. The number of aromatic nitrogens is 2. The van der Waals surface area contributed by atoms with Crippen molar-refractivity contribution >= 4 is 23.3 Å². The van der Waals surface area contributed by atoms with Crippen LogP contribution < -0.4 is 0 Å². The molecule has 3 aromatic rings. The van der Waals surface area contributed by atoms with Crippen LogP contribution in [-0.2, 0) is 20.9 Å². The van der Waals surface area contributed by atoms with Crippen molar-refractivity contribution in [3.63, 3.8) is 0 Å². The lowest BCUT2D eigenvalue weighted by molar-refractivity contribution is -0.137. The number of aryl methyl sites for hydroxylation is 1. The number of aldehydes is 1. The van der Waals surface area contributed by atoms with E-state index in [2.05, 4.69) is 0 Å². The Morgan fingerprint density at radius 1 is 1.27 bits per heavy atom. The molecule has 6 heteroatoms. The van der Waals surface area contributed by atoms with Gasteiger partial charge in [-0.3, -0.25) is 4.79 Å². The van der Waals surface area contributed by atoms with Crippen molar-refractivity contribution in [2.75, 3.05) is 7.11 Å². The van der Waals surface area contributed by atoms with Crippen LogP contribution in [0.25, 0.3) is 22.4 Å². The van der Waals surface area contributed by atoms with Gasteiger partial charge in [0.2, 0.25) is 0 Å². The molecule has 1 N–H and O–H groups in total. The van der Waals surface area contributed by atoms with Gasteiger partial charge in [0.05, 0.1) is 23.6 Å². The molecule has 2 aromatic carbocycles. The zero-order valence-electron chi connectivity index (χ0n) is 14.5. The average molecular weight is 352 g/mol. The summed E-state index contributed by atoms with van der Waals surface area (Å²) >= 11 is 0. The summed E-state index contributed by atoms with van der Waals surface area (Å²) in [4.78, 5) is 26.7. The maximum Gasteiger partial charge on any atom is 0.305 e. The molecule has 26 heavy (non-hydrogen) atoms. The maximum atomic E-state index is 11.1. The molecule has 0 aliphatic rings. The minimum absolute atomic E-state index is 0.00242. The van der Waals surface area contributed by atoms with Gasteiger partial charge in [0, 0.05) is 25.6 Å². The zero-order valence-corrected chi connectivity index (χ0v) is 14.5. The van der Waals surface area contributed by atoms with Gasteiger partial charge in [0.15, 0.2) is 0 Å². The third kappa shape index (κ3) is 3.65. The van der Waals surface area contributed by atoms with E-state index in [9.17, 15) is 9.59 Å². The van der Waals surface area contributed by atoms with Crippen LogP contribution in [0.3, 0.4) is 0 Å². The molecule has 0 saturated heterocycles. The van der Waals surface area contributed by atoms with Crippen LogP contribution in [0.1, 0.15) is 24.5 Å². The Bertz CT molecular complexity index is 918. The van der Waals surface area contributed by atoms with E-state index in [-0.39, 0.29) is 18.9 Å². The summed E-state index contributed by atoms with van der Waals surface area (Å²) in [6.07, 6.45) is 0.754. The maximum absolute atomic E-state index is 11.1. The number of fused-ring (bicyclic) bond motifs is 1. The first-order valence-electron chi connectivity index (χ1n) is 8.38. The largest absolute Gasteiger partial charge is 0.481 e. The third-order valence-corrected chi connectivity index (χ3v) is 4.32. The summed E-state index contributed by atoms with van der Waals surface area (Å²) in [6, 6.07) is 15.4. The lowest BCUT2D eigenvalue weighted by atomic mass is 10.1. The monoisotopic (exact) mass is 352 g/mol. The fourth-order valence-electron chi connectivity index (χ4n) is 3.04. The number of carboxylic acid groups (broad SMARTS) is 1. The Morgan fingerprint density at radius 2 is 2.04 bits per heavy atom. The Labute approximate surface area is 151 Å². The number of methoxy groups -OCH3 is 1. The van der Waals surface area contributed by atoms with E-state index in [0.717, 1.165) is 34.3 Å². The minimum atomic E-state index is -0.863. The van der Waals surface area contributed by atoms with Crippen molar-refractivity contribution in [1.82, 2.24) is 9.55 Å². The van der Waals surface area contributed by atoms with Gasteiger partial charge in [0.25, 0.3) is 0 Å². The standard InChI is InChI=1S/C20H20N2O4/c1-26-18(10-12-23)15-7-8-16-17(13-15)22(11-9-19(24)25)20(21-16)14-5-3-2-4-6-14/h2-8,12-13,18H,9-11H2,1H3,(H,24,25). The van der Waals surface area contributed by atoms with Crippen LogP contribution in [0.4, 0.5) is 0 Å². The van der Waals surface area contributed by atoms with Crippen LogP contribution in [0.15, 0.2) is 48.5 Å². The molecule has 134 valence electrons. The first kappa shape index (κ1) is 17.8. The summed E-state index contributed by atoms with van der Waals surface area (Å²) in [5, 5.41) is 9.10. The average Bonchev–Trinajstić information content (AvgIpc) is 3.03. The van der Waals surface area contributed by atoms with E-state index in [1.165, 1.54) is 0 Å². The molecule has 1 unspecified atom stereocenters. The second-order valence-electron chi connectivity index (χ2n) is 5.97. The quantitative estimate of drug-likeness (QED) is 0.628. The van der Waals surface area contributed by atoms with E-state index >= 15 is 0 Å². The molecule has 0 spiro atoms. The highest BCUT2D eigenvalue weighted by Gasteiger charge is 2.17. The molecule has 0 fully saturated rings. The second kappa shape index (κ2) is 7.93. The van der Waals surface area contributed by atoms with Gasteiger partial charge in [-0.2, -0.15) is 0 Å². The molecule has 1 aromatic heterocycles.